The topological polar surface area (TPSA) is 96.9 Å². The van der Waals surface area contributed by atoms with Gasteiger partial charge >= 0.3 is 0 Å². The molecule has 0 radical (unpaired) electrons. The van der Waals surface area contributed by atoms with Crippen molar-refractivity contribution in [2.75, 3.05) is 16.4 Å². The molecule has 0 aliphatic rings. The Morgan fingerprint density at radius 2 is 1.84 bits per heavy atom. The molecule has 2 amide bonds. The van der Waals surface area contributed by atoms with E-state index in [9.17, 15) is 9.59 Å². The monoisotopic (exact) mass is 371 g/mol. The summed E-state index contributed by atoms with van der Waals surface area (Å²) < 4.78 is 0.744. The number of carbonyl (C=O) groups excluding carboxylic acids is 2. The van der Waals surface area contributed by atoms with E-state index < -0.39 is 0 Å². The molecule has 1 aromatic carbocycles. The Kier molecular flexibility index (Phi) is 5.70. The Hall–Kier alpha value is -2.78. The number of thioether (sulfide) groups is 1. The van der Waals surface area contributed by atoms with Gasteiger partial charge in [0.25, 0.3) is 5.91 Å². The molecule has 0 saturated heterocycles. The van der Waals surface area contributed by atoms with E-state index in [-0.39, 0.29) is 17.6 Å². The van der Waals surface area contributed by atoms with E-state index in [0.29, 0.717) is 16.9 Å². The molecule has 0 atom stereocenters. The number of pyridine rings is 1. The van der Waals surface area contributed by atoms with E-state index in [0.717, 1.165) is 4.34 Å². The van der Waals surface area contributed by atoms with Crippen molar-refractivity contribution < 1.29 is 9.59 Å². The van der Waals surface area contributed by atoms with Gasteiger partial charge in [-0.3, -0.25) is 14.6 Å². The second kappa shape index (κ2) is 8.36. The Labute approximate surface area is 151 Å². The Morgan fingerprint density at radius 3 is 2.56 bits per heavy atom. The van der Waals surface area contributed by atoms with Gasteiger partial charge in [-0.05, 0) is 30.3 Å². The van der Waals surface area contributed by atoms with Crippen molar-refractivity contribution in [3.8, 4) is 0 Å². The summed E-state index contributed by atoms with van der Waals surface area (Å²) in [5, 5.41) is 13.2. The molecule has 0 bridgehead atoms. The molecule has 25 heavy (non-hydrogen) atoms. The van der Waals surface area contributed by atoms with Gasteiger partial charge in [0.1, 0.15) is 5.51 Å². The van der Waals surface area contributed by atoms with Gasteiger partial charge in [-0.1, -0.05) is 29.2 Å². The summed E-state index contributed by atoms with van der Waals surface area (Å²) in [6.07, 6.45) is 3.11. The molecule has 2 heterocycles. The van der Waals surface area contributed by atoms with Gasteiger partial charge in [0.2, 0.25) is 5.91 Å². The smallest absolute Gasteiger partial charge is 0.255 e. The summed E-state index contributed by atoms with van der Waals surface area (Å²) in [4.78, 5) is 28.0. The summed E-state index contributed by atoms with van der Waals surface area (Å²) in [5.41, 5.74) is 3.33. The summed E-state index contributed by atoms with van der Waals surface area (Å²) in [6, 6.07) is 10.2. The minimum atomic E-state index is -0.238. The van der Waals surface area contributed by atoms with Gasteiger partial charge in [0, 0.05) is 29.3 Å². The number of anilines is 2. The zero-order valence-corrected chi connectivity index (χ0v) is 14.5. The van der Waals surface area contributed by atoms with E-state index >= 15 is 0 Å². The highest BCUT2D eigenvalue weighted by Crippen LogP contribution is 2.20. The summed E-state index contributed by atoms with van der Waals surface area (Å²) >= 11 is 2.71. The van der Waals surface area contributed by atoms with Crippen molar-refractivity contribution in [2.45, 2.75) is 4.34 Å². The highest BCUT2D eigenvalue weighted by Gasteiger charge is 2.08. The molecule has 126 valence electrons. The third-order valence-corrected chi connectivity index (χ3v) is 4.87. The Morgan fingerprint density at radius 1 is 1.08 bits per heavy atom. The fourth-order valence-electron chi connectivity index (χ4n) is 1.93. The summed E-state index contributed by atoms with van der Waals surface area (Å²) in [7, 11) is 0. The van der Waals surface area contributed by atoms with Crippen LogP contribution in [0.5, 0.6) is 0 Å². The lowest BCUT2D eigenvalue weighted by molar-refractivity contribution is -0.113. The fourth-order valence-corrected chi connectivity index (χ4v) is 3.22. The van der Waals surface area contributed by atoms with E-state index in [4.69, 9.17) is 0 Å². The van der Waals surface area contributed by atoms with Crippen LogP contribution in [-0.2, 0) is 4.79 Å². The lowest BCUT2D eigenvalue weighted by Gasteiger charge is -2.08. The zero-order valence-electron chi connectivity index (χ0n) is 12.9. The minimum Gasteiger partial charge on any atom is -0.325 e. The third kappa shape index (κ3) is 5.10. The number of amides is 2. The van der Waals surface area contributed by atoms with Crippen LogP contribution < -0.4 is 10.6 Å². The second-order valence-electron chi connectivity index (χ2n) is 4.81. The average Bonchev–Trinajstić information content (AvgIpc) is 3.15. The fraction of sp³-hybridized carbons (Fsp3) is 0.0625. The number of carbonyl (C=O) groups is 2. The van der Waals surface area contributed by atoms with Crippen molar-refractivity contribution in [1.82, 2.24) is 15.2 Å². The first-order chi connectivity index (χ1) is 12.2. The summed E-state index contributed by atoms with van der Waals surface area (Å²) in [5.74, 6) is -0.154. The van der Waals surface area contributed by atoms with Crippen LogP contribution in [-0.4, -0.2) is 32.7 Å². The van der Waals surface area contributed by atoms with Gasteiger partial charge in [0.15, 0.2) is 4.34 Å². The molecule has 9 heteroatoms. The largest absolute Gasteiger partial charge is 0.325 e. The molecular weight excluding hydrogens is 358 g/mol. The SMILES string of the molecule is O=C(CSc1nncs1)Nc1cccc(NC(=O)c2ccncc2)c1. The van der Waals surface area contributed by atoms with Crippen LogP contribution in [0.1, 0.15) is 10.4 Å². The maximum absolute atomic E-state index is 12.1. The number of benzene rings is 1. The lowest BCUT2D eigenvalue weighted by atomic mass is 10.2. The highest BCUT2D eigenvalue weighted by atomic mass is 32.2. The maximum atomic E-state index is 12.1. The van der Waals surface area contributed by atoms with Crippen LogP contribution in [0, 0.1) is 0 Å². The Bertz CT molecular complexity index is 856. The van der Waals surface area contributed by atoms with Crippen LogP contribution >= 0.6 is 23.1 Å². The van der Waals surface area contributed by atoms with Gasteiger partial charge in [-0.15, -0.1) is 10.2 Å². The first kappa shape index (κ1) is 17.1. The van der Waals surface area contributed by atoms with Crippen molar-refractivity contribution in [3.63, 3.8) is 0 Å². The average molecular weight is 371 g/mol. The number of rotatable bonds is 6. The number of nitrogens with zero attached hydrogens (tertiary/aromatic N) is 3. The first-order valence-electron chi connectivity index (χ1n) is 7.21. The molecule has 7 nitrogen and oxygen atoms in total. The molecule has 3 aromatic rings. The van der Waals surface area contributed by atoms with Crippen LogP contribution in [0.2, 0.25) is 0 Å². The molecule has 0 saturated carbocycles. The number of aromatic nitrogens is 3. The molecule has 0 aliphatic heterocycles. The molecule has 2 N–H and O–H groups in total. The molecule has 0 aliphatic carbocycles. The molecule has 0 spiro atoms. The van der Waals surface area contributed by atoms with Crippen molar-refractivity contribution >= 4 is 46.3 Å². The van der Waals surface area contributed by atoms with Crippen molar-refractivity contribution in [1.29, 1.82) is 0 Å². The van der Waals surface area contributed by atoms with Crippen molar-refractivity contribution in [2.24, 2.45) is 0 Å². The zero-order chi connectivity index (χ0) is 17.5. The number of nitrogens with one attached hydrogen (secondary N) is 2. The predicted octanol–water partition coefficient (Wildman–Crippen LogP) is 2.92. The molecular formula is C16H13N5O2S2. The highest BCUT2D eigenvalue weighted by molar-refractivity contribution is 8.01. The van der Waals surface area contributed by atoms with Gasteiger partial charge in [0.05, 0.1) is 5.75 Å². The normalized spacial score (nSPS) is 10.2. The van der Waals surface area contributed by atoms with E-state index in [1.165, 1.54) is 23.1 Å². The van der Waals surface area contributed by atoms with Gasteiger partial charge in [-0.25, -0.2) is 0 Å². The molecule has 0 unspecified atom stereocenters. The quantitative estimate of drug-likeness (QED) is 0.647. The predicted molar refractivity (Wildman–Crippen MR) is 97.9 cm³/mol. The molecule has 2 aromatic heterocycles. The maximum Gasteiger partial charge on any atom is 0.255 e. The van der Waals surface area contributed by atoms with Crippen LogP contribution in [0.4, 0.5) is 11.4 Å². The molecule has 3 rings (SSSR count). The number of hydrogen-bond acceptors (Lipinski definition) is 7. The van der Waals surface area contributed by atoms with Crippen LogP contribution in [0.25, 0.3) is 0 Å². The summed E-state index contributed by atoms with van der Waals surface area (Å²) in [6.45, 7) is 0. The van der Waals surface area contributed by atoms with E-state index in [1.54, 1.807) is 54.3 Å². The first-order valence-corrected chi connectivity index (χ1v) is 9.07. The van der Waals surface area contributed by atoms with Crippen LogP contribution in [0.3, 0.4) is 0 Å². The van der Waals surface area contributed by atoms with E-state index in [2.05, 4.69) is 25.8 Å². The lowest BCUT2D eigenvalue weighted by Crippen LogP contribution is -2.15. The molecule has 0 fully saturated rings. The third-order valence-electron chi connectivity index (χ3n) is 3.01. The van der Waals surface area contributed by atoms with Crippen LogP contribution in [0.15, 0.2) is 58.6 Å². The number of hydrogen-bond donors (Lipinski definition) is 2. The van der Waals surface area contributed by atoms with Crippen molar-refractivity contribution in [3.05, 3.63) is 59.9 Å². The minimum absolute atomic E-state index is 0.155. The van der Waals surface area contributed by atoms with E-state index in [1.807, 2.05) is 0 Å². The van der Waals surface area contributed by atoms with Gasteiger partial charge < -0.3 is 10.6 Å². The van der Waals surface area contributed by atoms with Gasteiger partial charge in [-0.2, -0.15) is 0 Å². The standard InChI is InChI=1S/C16H13N5O2S2/c22-14(9-24-16-21-18-10-25-16)19-12-2-1-3-13(8-12)20-15(23)11-4-6-17-7-5-11/h1-8,10H,9H2,(H,19,22)(H,20,23). The Balaban J connectivity index is 1.57. The second-order valence-corrected chi connectivity index (χ2v) is 6.87.